The molecule has 0 radical (unpaired) electrons. The number of halogens is 1. The summed E-state index contributed by atoms with van der Waals surface area (Å²) in [6.45, 7) is 4.66. The van der Waals surface area contributed by atoms with Crippen LogP contribution in [0.5, 0.6) is 0 Å². The van der Waals surface area contributed by atoms with Gasteiger partial charge in [-0.3, -0.25) is 0 Å². The van der Waals surface area contributed by atoms with Gasteiger partial charge in [0.15, 0.2) is 0 Å². The smallest absolute Gasteiger partial charge is 0.0254 e. The van der Waals surface area contributed by atoms with Crippen LogP contribution in [0.3, 0.4) is 0 Å². The van der Waals surface area contributed by atoms with Gasteiger partial charge in [0.1, 0.15) is 0 Å². The zero-order chi connectivity index (χ0) is 8.27. The second-order valence-electron chi connectivity index (χ2n) is 4.11. The van der Waals surface area contributed by atoms with Gasteiger partial charge in [0.05, 0.1) is 0 Å². The summed E-state index contributed by atoms with van der Waals surface area (Å²) in [5.41, 5.74) is 0. The molecule has 11 heavy (non-hydrogen) atoms. The number of hydrogen-bond acceptors (Lipinski definition) is 0. The molecular weight excluding hydrogens is 156 g/mol. The van der Waals surface area contributed by atoms with E-state index in [0.717, 1.165) is 23.6 Å². The van der Waals surface area contributed by atoms with E-state index in [4.69, 9.17) is 11.6 Å². The SMILES string of the molecule is CC(C)C1CCCCC1CCl. The first-order valence-corrected chi connectivity index (χ1v) is 5.35. The summed E-state index contributed by atoms with van der Waals surface area (Å²) in [5.74, 6) is 3.42. The van der Waals surface area contributed by atoms with Crippen LogP contribution >= 0.6 is 11.6 Å². The molecule has 66 valence electrons. The Kier molecular flexibility index (Phi) is 3.71. The average molecular weight is 175 g/mol. The minimum Gasteiger partial charge on any atom is -0.126 e. The van der Waals surface area contributed by atoms with Gasteiger partial charge in [0, 0.05) is 5.88 Å². The lowest BCUT2D eigenvalue weighted by Crippen LogP contribution is -2.25. The number of hydrogen-bond donors (Lipinski definition) is 0. The van der Waals surface area contributed by atoms with Crippen LogP contribution < -0.4 is 0 Å². The molecule has 1 fully saturated rings. The summed E-state index contributed by atoms with van der Waals surface area (Å²) in [4.78, 5) is 0. The Bertz CT molecular complexity index is 109. The fraction of sp³-hybridized carbons (Fsp3) is 1.00. The fourth-order valence-electron chi connectivity index (χ4n) is 2.31. The van der Waals surface area contributed by atoms with Crippen LogP contribution in [0.4, 0.5) is 0 Å². The van der Waals surface area contributed by atoms with Gasteiger partial charge < -0.3 is 0 Å². The van der Waals surface area contributed by atoms with Crippen LogP contribution in [0.2, 0.25) is 0 Å². The first-order valence-electron chi connectivity index (χ1n) is 4.81. The van der Waals surface area contributed by atoms with Crippen molar-refractivity contribution in [3.05, 3.63) is 0 Å². The van der Waals surface area contributed by atoms with Crippen LogP contribution in [0.25, 0.3) is 0 Å². The Morgan fingerprint density at radius 3 is 2.36 bits per heavy atom. The molecule has 1 saturated carbocycles. The van der Waals surface area contributed by atoms with E-state index in [9.17, 15) is 0 Å². The lowest BCUT2D eigenvalue weighted by molar-refractivity contribution is 0.198. The highest BCUT2D eigenvalue weighted by Gasteiger charge is 2.26. The van der Waals surface area contributed by atoms with Crippen molar-refractivity contribution in [3.63, 3.8) is 0 Å². The lowest BCUT2D eigenvalue weighted by Gasteiger charge is -2.32. The molecule has 2 atom stereocenters. The van der Waals surface area contributed by atoms with Crippen LogP contribution in [0.15, 0.2) is 0 Å². The van der Waals surface area contributed by atoms with Crippen molar-refractivity contribution < 1.29 is 0 Å². The largest absolute Gasteiger partial charge is 0.126 e. The third kappa shape index (κ3) is 2.37. The Labute approximate surface area is 75.3 Å². The van der Waals surface area contributed by atoms with Gasteiger partial charge in [-0.1, -0.05) is 26.7 Å². The Morgan fingerprint density at radius 2 is 1.91 bits per heavy atom. The van der Waals surface area contributed by atoms with Crippen LogP contribution in [0.1, 0.15) is 39.5 Å². The molecular formula is C10H19Cl. The Morgan fingerprint density at radius 1 is 1.27 bits per heavy atom. The van der Waals surface area contributed by atoms with Gasteiger partial charge in [0.25, 0.3) is 0 Å². The second-order valence-corrected chi connectivity index (χ2v) is 4.42. The molecule has 0 bridgehead atoms. The van der Waals surface area contributed by atoms with Crippen molar-refractivity contribution in [1.29, 1.82) is 0 Å². The first-order chi connectivity index (χ1) is 5.25. The molecule has 0 saturated heterocycles. The molecule has 1 aliphatic rings. The third-order valence-corrected chi connectivity index (χ3v) is 3.42. The molecule has 0 aromatic heterocycles. The summed E-state index contributed by atoms with van der Waals surface area (Å²) in [6, 6.07) is 0. The average Bonchev–Trinajstić information content (AvgIpc) is 2.04. The molecule has 2 unspecified atom stereocenters. The molecule has 0 spiro atoms. The van der Waals surface area contributed by atoms with E-state index in [0.29, 0.717) is 0 Å². The molecule has 0 aliphatic heterocycles. The van der Waals surface area contributed by atoms with E-state index in [-0.39, 0.29) is 0 Å². The van der Waals surface area contributed by atoms with Gasteiger partial charge in [-0.25, -0.2) is 0 Å². The van der Waals surface area contributed by atoms with Crippen molar-refractivity contribution in [3.8, 4) is 0 Å². The maximum Gasteiger partial charge on any atom is 0.0254 e. The molecule has 1 aliphatic carbocycles. The van der Waals surface area contributed by atoms with Crippen molar-refractivity contribution in [2.24, 2.45) is 17.8 Å². The molecule has 0 heterocycles. The van der Waals surface area contributed by atoms with Crippen LogP contribution in [-0.2, 0) is 0 Å². The molecule has 0 nitrogen and oxygen atoms in total. The van der Waals surface area contributed by atoms with Gasteiger partial charge in [-0.05, 0) is 30.6 Å². The predicted octanol–water partition coefficient (Wildman–Crippen LogP) is 3.69. The maximum atomic E-state index is 5.92. The van der Waals surface area contributed by atoms with E-state index in [1.807, 2.05) is 0 Å². The number of rotatable bonds is 2. The molecule has 0 N–H and O–H groups in total. The molecule has 1 rings (SSSR count). The molecule has 0 aromatic rings. The molecule has 0 amide bonds. The van der Waals surface area contributed by atoms with Crippen LogP contribution in [-0.4, -0.2) is 5.88 Å². The lowest BCUT2D eigenvalue weighted by atomic mass is 9.74. The summed E-state index contributed by atoms with van der Waals surface area (Å²) in [6.07, 6.45) is 5.61. The zero-order valence-electron chi connectivity index (χ0n) is 7.65. The maximum absolute atomic E-state index is 5.92. The summed E-state index contributed by atoms with van der Waals surface area (Å²) in [5, 5.41) is 0. The standard InChI is InChI=1S/C10H19Cl/c1-8(2)10-6-4-3-5-9(10)7-11/h8-10H,3-7H2,1-2H3. The van der Waals surface area contributed by atoms with Crippen molar-refractivity contribution >= 4 is 11.6 Å². The van der Waals surface area contributed by atoms with Gasteiger partial charge in [0.2, 0.25) is 0 Å². The summed E-state index contributed by atoms with van der Waals surface area (Å²) < 4.78 is 0. The van der Waals surface area contributed by atoms with Crippen molar-refractivity contribution in [1.82, 2.24) is 0 Å². The van der Waals surface area contributed by atoms with E-state index < -0.39 is 0 Å². The normalized spacial score (nSPS) is 32.7. The Balaban J connectivity index is 2.44. The summed E-state index contributed by atoms with van der Waals surface area (Å²) >= 11 is 5.92. The van der Waals surface area contributed by atoms with Crippen molar-refractivity contribution in [2.75, 3.05) is 5.88 Å². The van der Waals surface area contributed by atoms with Gasteiger partial charge >= 0.3 is 0 Å². The zero-order valence-corrected chi connectivity index (χ0v) is 8.40. The monoisotopic (exact) mass is 174 g/mol. The van der Waals surface area contributed by atoms with Crippen LogP contribution in [0, 0.1) is 17.8 Å². The first kappa shape index (κ1) is 9.38. The van der Waals surface area contributed by atoms with Crippen molar-refractivity contribution in [2.45, 2.75) is 39.5 Å². The Hall–Kier alpha value is 0.290. The van der Waals surface area contributed by atoms with E-state index in [1.54, 1.807) is 0 Å². The van der Waals surface area contributed by atoms with E-state index in [2.05, 4.69) is 13.8 Å². The predicted molar refractivity (Wildman–Crippen MR) is 51.0 cm³/mol. The molecule has 1 heteroatoms. The molecule has 0 aromatic carbocycles. The highest BCUT2D eigenvalue weighted by Crippen LogP contribution is 2.35. The highest BCUT2D eigenvalue weighted by molar-refractivity contribution is 6.18. The quantitative estimate of drug-likeness (QED) is 0.561. The topological polar surface area (TPSA) is 0 Å². The van der Waals surface area contributed by atoms with Gasteiger partial charge in [-0.15, -0.1) is 11.6 Å². The van der Waals surface area contributed by atoms with E-state index >= 15 is 0 Å². The minimum absolute atomic E-state index is 0.811. The third-order valence-electron chi connectivity index (χ3n) is 3.02. The fourth-order valence-corrected chi connectivity index (χ4v) is 2.69. The highest BCUT2D eigenvalue weighted by atomic mass is 35.5. The number of alkyl halides is 1. The second kappa shape index (κ2) is 4.35. The van der Waals surface area contributed by atoms with Gasteiger partial charge in [-0.2, -0.15) is 0 Å². The van der Waals surface area contributed by atoms with E-state index in [1.165, 1.54) is 25.7 Å². The minimum atomic E-state index is 0.811. The summed E-state index contributed by atoms with van der Waals surface area (Å²) in [7, 11) is 0.